The molecule has 1 aromatic carbocycles. The molecule has 0 aliphatic carbocycles. The summed E-state index contributed by atoms with van der Waals surface area (Å²) in [7, 11) is 0. The summed E-state index contributed by atoms with van der Waals surface area (Å²) in [5.74, 6) is 0. The van der Waals surface area contributed by atoms with Crippen LogP contribution >= 0.6 is 0 Å². The van der Waals surface area contributed by atoms with Crippen LogP contribution < -0.4 is 5.73 Å². The van der Waals surface area contributed by atoms with Gasteiger partial charge in [-0.1, -0.05) is 0 Å². The second-order valence-electron chi connectivity index (χ2n) is 2.69. The Balaban J connectivity index is 2.91. The molecule has 0 atom stereocenters. The second kappa shape index (κ2) is 2.02. The molecule has 0 aliphatic rings. The molecule has 0 amide bonds. The molecule has 56 valence electrons. The lowest BCUT2D eigenvalue weighted by Gasteiger charge is -1.96. The number of nitrogen functional groups attached to an aromatic ring is 1. The Morgan fingerprint density at radius 2 is 2.18 bits per heavy atom. The van der Waals surface area contributed by atoms with Crippen LogP contribution in [0.3, 0.4) is 0 Å². The molecule has 2 aromatic rings. The Bertz CT molecular complexity index is 389. The zero-order valence-electron chi connectivity index (χ0n) is 6.29. The number of furan rings is 1. The van der Waals surface area contributed by atoms with E-state index in [0.717, 1.165) is 16.5 Å². The minimum atomic E-state index is 0.713. The number of anilines is 1. The van der Waals surface area contributed by atoms with Crippen molar-refractivity contribution in [3.8, 4) is 0 Å². The van der Waals surface area contributed by atoms with Gasteiger partial charge in [0.2, 0.25) is 0 Å². The van der Waals surface area contributed by atoms with E-state index < -0.39 is 0 Å². The monoisotopic (exact) mass is 147 g/mol. The highest BCUT2D eigenvalue weighted by Gasteiger charge is 2.00. The SMILES string of the molecule is Cc1cc(N)c2occc2c1. The van der Waals surface area contributed by atoms with Crippen LogP contribution in [0.25, 0.3) is 11.0 Å². The Kier molecular flexibility index (Phi) is 1.15. The Hall–Kier alpha value is -1.44. The van der Waals surface area contributed by atoms with Crippen LogP contribution in [-0.2, 0) is 0 Å². The van der Waals surface area contributed by atoms with Gasteiger partial charge < -0.3 is 10.2 Å². The highest BCUT2D eigenvalue weighted by Crippen LogP contribution is 2.23. The average molecular weight is 147 g/mol. The first-order chi connectivity index (χ1) is 5.27. The van der Waals surface area contributed by atoms with Crippen molar-refractivity contribution in [2.24, 2.45) is 0 Å². The molecule has 2 N–H and O–H groups in total. The predicted molar refractivity (Wildman–Crippen MR) is 45.4 cm³/mol. The molecule has 2 heteroatoms. The van der Waals surface area contributed by atoms with Crippen LogP contribution in [0.4, 0.5) is 5.69 Å². The van der Waals surface area contributed by atoms with E-state index in [4.69, 9.17) is 10.2 Å². The fourth-order valence-corrected chi connectivity index (χ4v) is 1.27. The summed E-state index contributed by atoms with van der Waals surface area (Å²) < 4.78 is 5.18. The zero-order chi connectivity index (χ0) is 7.84. The van der Waals surface area contributed by atoms with Crippen LogP contribution in [0.5, 0.6) is 0 Å². The summed E-state index contributed by atoms with van der Waals surface area (Å²) in [6, 6.07) is 5.87. The number of rotatable bonds is 0. The minimum Gasteiger partial charge on any atom is -0.462 e. The van der Waals surface area contributed by atoms with Crippen molar-refractivity contribution in [3.05, 3.63) is 30.0 Å². The first-order valence-electron chi connectivity index (χ1n) is 3.51. The summed E-state index contributed by atoms with van der Waals surface area (Å²) in [6.07, 6.45) is 1.65. The largest absolute Gasteiger partial charge is 0.462 e. The number of hydrogen-bond acceptors (Lipinski definition) is 2. The van der Waals surface area contributed by atoms with E-state index in [2.05, 4.69) is 6.07 Å². The minimum absolute atomic E-state index is 0.713. The maximum Gasteiger partial charge on any atom is 0.156 e. The molecule has 0 spiro atoms. The van der Waals surface area contributed by atoms with Gasteiger partial charge in [0, 0.05) is 5.39 Å². The topological polar surface area (TPSA) is 39.2 Å². The normalized spacial score (nSPS) is 10.6. The Labute approximate surface area is 64.6 Å². The molecule has 2 nitrogen and oxygen atoms in total. The first-order valence-corrected chi connectivity index (χ1v) is 3.51. The lowest BCUT2D eigenvalue weighted by atomic mass is 10.1. The quantitative estimate of drug-likeness (QED) is 0.581. The third-order valence-electron chi connectivity index (χ3n) is 1.72. The lowest BCUT2D eigenvalue weighted by molar-refractivity contribution is 0.617. The van der Waals surface area contributed by atoms with E-state index in [1.54, 1.807) is 6.26 Å². The summed E-state index contributed by atoms with van der Waals surface area (Å²) in [4.78, 5) is 0. The number of hydrogen-bond donors (Lipinski definition) is 1. The summed E-state index contributed by atoms with van der Waals surface area (Å²) in [5, 5.41) is 1.07. The summed E-state index contributed by atoms with van der Waals surface area (Å²) in [6.45, 7) is 2.02. The van der Waals surface area contributed by atoms with E-state index in [0.29, 0.717) is 5.69 Å². The Morgan fingerprint density at radius 3 is 3.00 bits per heavy atom. The van der Waals surface area contributed by atoms with Crippen molar-refractivity contribution in [2.45, 2.75) is 6.92 Å². The van der Waals surface area contributed by atoms with E-state index in [1.807, 2.05) is 19.1 Å². The van der Waals surface area contributed by atoms with E-state index >= 15 is 0 Å². The van der Waals surface area contributed by atoms with E-state index in [1.165, 1.54) is 0 Å². The number of aryl methyl sites for hydroxylation is 1. The third kappa shape index (κ3) is 0.871. The van der Waals surface area contributed by atoms with Crippen LogP contribution in [0.2, 0.25) is 0 Å². The summed E-state index contributed by atoms with van der Waals surface area (Å²) >= 11 is 0. The van der Waals surface area contributed by atoms with Gasteiger partial charge in [0.15, 0.2) is 5.58 Å². The second-order valence-corrected chi connectivity index (χ2v) is 2.69. The molecule has 2 rings (SSSR count). The van der Waals surface area contributed by atoms with E-state index in [9.17, 15) is 0 Å². The van der Waals surface area contributed by atoms with Gasteiger partial charge in [-0.15, -0.1) is 0 Å². The Morgan fingerprint density at radius 1 is 1.36 bits per heavy atom. The lowest BCUT2D eigenvalue weighted by Crippen LogP contribution is -1.85. The van der Waals surface area contributed by atoms with Gasteiger partial charge >= 0.3 is 0 Å². The van der Waals surface area contributed by atoms with Gasteiger partial charge in [0.1, 0.15) is 0 Å². The molecule has 0 saturated carbocycles. The summed E-state index contributed by atoms with van der Waals surface area (Å²) in [5.41, 5.74) is 8.37. The molecule has 0 aliphatic heterocycles. The standard InChI is InChI=1S/C9H9NO/c1-6-4-7-2-3-11-9(7)8(10)5-6/h2-5H,10H2,1H3. The van der Waals surface area contributed by atoms with Crippen molar-refractivity contribution >= 4 is 16.7 Å². The molecule has 11 heavy (non-hydrogen) atoms. The predicted octanol–water partition coefficient (Wildman–Crippen LogP) is 2.32. The molecular weight excluding hydrogens is 138 g/mol. The molecular formula is C9H9NO. The fourth-order valence-electron chi connectivity index (χ4n) is 1.27. The molecule has 0 saturated heterocycles. The third-order valence-corrected chi connectivity index (χ3v) is 1.72. The molecule has 0 radical (unpaired) electrons. The van der Waals surface area contributed by atoms with Gasteiger partial charge in [-0.25, -0.2) is 0 Å². The maximum absolute atomic E-state index is 5.71. The van der Waals surface area contributed by atoms with Crippen molar-refractivity contribution in [3.63, 3.8) is 0 Å². The van der Waals surface area contributed by atoms with E-state index in [-0.39, 0.29) is 0 Å². The number of nitrogens with two attached hydrogens (primary N) is 1. The zero-order valence-corrected chi connectivity index (χ0v) is 6.29. The first kappa shape index (κ1) is 6.28. The van der Waals surface area contributed by atoms with Gasteiger partial charge in [0.25, 0.3) is 0 Å². The van der Waals surface area contributed by atoms with Gasteiger partial charge in [0.05, 0.1) is 12.0 Å². The van der Waals surface area contributed by atoms with Crippen molar-refractivity contribution < 1.29 is 4.42 Å². The van der Waals surface area contributed by atoms with Gasteiger partial charge in [-0.3, -0.25) is 0 Å². The van der Waals surface area contributed by atoms with Gasteiger partial charge in [-0.05, 0) is 30.7 Å². The van der Waals surface area contributed by atoms with Gasteiger partial charge in [-0.2, -0.15) is 0 Å². The average Bonchev–Trinajstić information content (AvgIpc) is 2.34. The van der Waals surface area contributed by atoms with Crippen LogP contribution in [0, 0.1) is 6.92 Å². The van der Waals surface area contributed by atoms with Crippen molar-refractivity contribution in [2.75, 3.05) is 5.73 Å². The molecule has 0 unspecified atom stereocenters. The smallest absolute Gasteiger partial charge is 0.156 e. The molecule has 1 aromatic heterocycles. The highest BCUT2D eigenvalue weighted by molar-refractivity contribution is 5.88. The number of benzene rings is 1. The number of fused-ring (bicyclic) bond motifs is 1. The maximum atomic E-state index is 5.71. The molecule has 0 fully saturated rings. The van der Waals surface area contributed by atoms with Crippen LogP contribution in [0.15, 0.2) is 28.9 Å². The fraction of sp³-hybridized carbons (Fsp3) is 0.111. The molecule has 0 bridgehead atoms. The highest BCUT2D eigenvalue weighted by atomic mass is 16.3. The van der Waals surface area contributed by atoms with Crippen molar-refractivity contribution in [1.82, 2.24) is 0 Å². The van der Waals surface area contributed by atoms with Crippen molar-refractivity contribution in [1.29, 1.82) is 0 Å². The van der Waals surface area contributed by atoms with Crippen LogP contribution in [-0.4, -0.2) is 0 Å². The van der Waals surface area contributed by atoms with Crippen LogP contribution in [0.1, 0.15) is 5.56 Å². The molecule has 1 heterocycles.